The Kier molecular flexibility index (Phi) is 4.08. The Balaban J connectivity index is 1.77. The molecule has 6 heteroatoms. The van der Waals surface area contributed by atoms with Crippen LogP contribution in [0.5, 0.6) is 5.75 Å². The van der Waals surface area contributed by atoms with Crippen LogP contribution in [0.2, 0.25) is 0 Å². The first-order chi connectivity index (χ1) is 10.3. The zero-order chi connectivity index (χ0) is 14.7. The second-order valence-electron chi connectivity index (χ2n) is 4.08. The van der Waals surface area contributed by atoms with Crippen LogP contribution in [0.4, 0.5) is 0 Å². The first kappa shape index (κ1) is 13.9. The number of nitrogens with zero attached hydrogens (tertiary/aromatic N) is 1. The molecule has 0 radical (unpaired) electrons. The van der Waals surface area contributed by atoms with Gasteiger partial charge < -0.3 is 9.15 Å². The molecule has 0 fully saturated rings. The lowest BCUT2D eigenvalue weighted by molar-refractivity contribution is 0.106. The maximum atomic E-state index is 12.1. The highest BCUT2D eigenvalue weighted by Gasteiger charge is 2.15. The Morgan fingerprint density at radius 3 is 2.71 bits per heavy atom. The lowest BCUT2D eigenvalue weighted by Gasteiger charge is -2.00. The van der Waals surface area contributed by atoms with Gasteiger partial charge in [0.05, 0.1) is 7.11 Å². The van der Waals surface area contributed by atoms with E-state index in [1.54, 1.807) is 25.4 Å². The standard InChI is InChI=1S/C15H11NO3S2/c1-18-11-4-2-10(3-5-11)12-6-7-13(19-12)14(17)21-15-16-8-9-20-15/h2-9H,1H3. The molecule has 0 N–H and O–H groups in total. The summed E-state index contributed by atoms with van der Waals surface area (Å²) in [5.74, 6) is 1.75. The number of benzene rings is 1. The van der Waals surface area contributed by atoms with Crippen molar-refractivity contribution in [3.05, 3.63) is 53.7 Å². The van der Waals surface area contributed by atoms with Gasteiger partial charge in [0, 0.05) is 17.1 Å². The third-order valence-corrected chi connectivity index (χ3v) is 4.54. The van der Waals surface area contributed by atoms with E-state index in [4.69, 9.17) is 9.15 Å². The molecule has 0 aliphatic heterocycles. The molecule has 0 bridgehead atoms. The number of methoxy groups -OCH3 is 1. The molecule has 0 saturated heterocycles. The van der Waals surface area contributed by atoms with Crippen LogP contribution in [0.3, 0.4) is 0 Å². The maximum Gasteiger partial charge on any atom is 0.261 e. The van der Waals surface area contributed by atoms with E-state index in [0.29, 0.717) is 15.9 Å². The van der Waals surface area contributed by atoms with Crippen molar-refractivity contribution in [1.29, 1.82) is 0 Å². The van der Waals surface area contributed by atoms with Gasteiger partial charge >= 0.3 is 0 Å². The molecule has 2 aromatic heterocycles. The van der Waals surface area contributed by atoms with Gasteiger partial charge in [0.25, 0.3) is 5.12 Å². The number of aromatic nitrogens is 1. The Bertz CT molecular complexity index is 733. The van der Waals surface area contributed by atoms with Crippen LogP contribution in [0.1, 0.15) is 10.6 Å². The van der Waals surface area contributed by atoms with E-state index in [-0.39, 0.29) is 5.12 Å². The molecule has 0 unspecified atom stereocenters. The van der Waals surface area contributed by atoms with Crippen LogP contribution in [0.15, 0.2) is 56.7 Å². The molecule has 2 heterocycles. The zero-order valence-electron chi connectivity index (χ0n) is 11.1. The maximum absolute atomic E-state index is 12.1. The summed E-state index contributed by atoms with van der Waals surface area (Å²) in [6.07, 6.45) is 1.67. The van der Waals surface area contributed by atoms with E-state index >= 15 is 0 Å². The van der Waals surface area contributed by atoms with Crippen LogP contribution in [0.25, 0.3) is 11.3 Å². The van der Waals surface area contributed by atoms with Gasteiger partial charge in [-0.25, -0.2) is 4.98 Å². The Hall–Kier alpha value is -2.05. The molecule has 0 atom stereocenters. The Labute approximate surface area is 129 Å². The van der Waals surface area contributed by atoms with Gasteiger partial charge in [0.1, 0.15) is 11.5 Å². The summed E-state index contributed by atoms with van der Waals surface area (Å²) in [6, 6.07) is 11.0. The van der Waals surface area contributed by atoms with E-state index < -0.39 is 0 Å². The first-order valence-corrected chi connectivity index (χ1v) is 7.82. The third kappa shape index (κ3) is 3.17. The second kappa shape index (κ2) is 6.15. The SMILES string of the molecule is COc1ccc(-c2ccc(C(=O)Sc3nccs3)o2)cc1. The monoisotopic (exact) mass is 317 g/mol. The average Bonchev–Trinajstić information content (AvgIpc) is 3.18. The molecule has 1 aromatic carbocycles. The van der Waals surface area contributed by atoms with Crippen molar-refractivity contribution in [2.45, 2.75) is 4.34 Å². The van der Waals surface area contributed by atoms with Gasteiger partial charge in [0.15, 0.2) is 10.1 Å². The van der Waals surface area contributed by atoms with Crippen LogP contribution in [-0.4, -0.2) is 17.2 Å². The summed E-state index contributed by atoms with van der Waals surface area (Å²) in [5.41, 5.74) is 0.897. The van der Waals surface area contributed by atoms with E-state index in [1.165, 1.54) is 11.3 Å². The highest BCUT2D eigenvalue weighted by atomic mass is 32.2. The largest absolute Gasteiger partial charge is 0.497 e. The molecule has 21 heavy (non-hydrogen) atoms. The number of hydrogen-bond donors (Lipinski definition) is 0. The molecule has 4 nitrogen and oxygen atoms in total. The number of carbonyl (C=O) groups excluding carboxylic acids is 1. The van der Waals surface area contributed by atoms with Crippen LogP contribution in [-0.2, 0) is 0 Å². The molecule has 0 spiro atoms. The molecule has 0 aliphatic rings. The van der Waals surface area contributed by atoms with Crippen molar-refractivity contribution in [3.63, 3.8) is 0 Å². The number of thiazole rings is 1. The van der Waals surface area contributed by atoms with Crippen molar-refractivity contribution in [1.82, 2.24) is 4.98 Å². The minimum Gasteiger partial charge on any atom is -0.497 e. The van der Waals surface area contributed by atoms with Crippen molar-refractivity contribution >= 4 is 28.2 Å². The second-order valence-corrected chi connectivity index (χ2v) is 6.19. The molecule has 3 rings (SSSR count). The third-order valence-electron chi connectivity index (χ3n) is 2.77. The van der Waals surface area contributed by atoms with E-state index in [9.17, 15) is 4.79 Å². The minimum absolute atomic E-state index is 0.148. The van der Waals surface area contributed by atoms with Gasteiger partial charge in [-0.3, -0.25) is 4.79 Å². The lowest BCUT2D eigenvalue weighted by atomic mass is 10.2. The molecule has 0 aliphatic carbocycles. The van der Waals surface area contributed by atoms with E-state index in [0.717, 1.165) is 23.1 Å². The summed E-state index contributed by atoms with van der Waals surface area (Å²) in [6.45, 7) is 0. The van der Waals surface area contributed by atoms with Gasteiger partial charge in [-0.2, -0.15) is 0 Å². The minimum atomic E-state index is -0.148. The summed E-state index contributed by atoms with van der Waals surface area (Å²) >= 11 is 2.50. The summed E-state index contributed by atoms with van der Waals surface area (Å²) in [4.78, 5) is 16.1. The molecule has 0 amide bonds. The fraction of sp³-hybridized carbons (Fsp3) is 0.0667. The molecule has 3 aromatic rings. The van der Waals surface area contributed by atoms with Gasteiger partial charge in [-0.15, -0.1) is 11.3 Å². The fourth-order valence-corrected chi connectivity index (χ4v) is 3.18. The summed E-state index contributed by atoms with van der Waals surface area (Å²) in [5, 5.41) is 1.69. The van der Waals surface area contributed by atoms with Crippen LogP contribution >= 0.6 is 23.1 Å². The quantitative estimate of drug-likeness (QED) is 0.670. The smallest absolute Gasteiger partial charge is 0.261 e. The highest BCUT2D eigenvalue weighted by Crippen LogP contribution is 2.29. The van der Waals surface area contributed by atoms with Crippen LogP contribution in [0, 0.1) is 0 Å². The lowest BCUT2D eigenvalue weighted by Crippen LogP contribution is -1.89. The number of carbonyl (C=O) groups is 1. The van der Waals surface area contributed by atoms with Crippen molar-refractivity contribution < 1.29 is 13.9 Å². The fourth-order valence-electron chi connectivity index (χ4n) is 1.75. The molecule has 106 valence electrons. The Morgan fingerprint density at radius 1 is 1.24 bits per heavy atom. The zero-order valence-corrected chi connectivity index (χ0v) is 12.7. The van der Waals surface area contributed by atoms with Crippen molar-refractivity contribution in [3.8, 4) is 17.1 Å². The number of hydrogen-bond acceptors (Lipinski definition) is 6. The number of thioether (sulfide) groups is 1. The Morgan fingerprint density at radius 2 is 2.05 bits per heavy atom. The average molecular weight is 317 g/mol. The van der Waals surface area contributed by atoms with Gasteiger partial charge in [-0.05, 0) is 48.2 Å². The number of rotatable bonds is 4. The summed E-state index contributed by atoms with van der Waals surface area (Å²) < 4.78 is 11.4. The first-order valence-electron chi connectivity index (χ1n) is 6.12. The van der Waals surface area contributed by atoms with E-state index in [1.807, 2.05) is 29.6 Å². The predicted octanol–water partition coefficient (Wildman–Crippen LogP) is 4.34. The van der Waals surface area contributed by atoms with Crippen molar-refractivity contribution in [2.75, 3.05) is 7.11 Å². The molecule has 0 saturated carbocycles. The van der Waals surface area contributed by atoms with Gasteiger partial charge in [0.2, 0.25) is 0 Å². The summed E-state index contributed by atoms with van der Waals surface area (Å²) in [7, 11) is 1.62. The number of furan rings is 1. The van der Waals surface area contributed by atoms with Crippen LogP contribution < -0.4 is 4.74 Å². The predicted molar refractivity (Wildman–Crippen MR) is 83.0 cm³/mol. The van der Waals surface area contributed by atoms with Gasteiger partial charge in [-0.1, -0.05) is 0 Å². The number of ether oxygens (including phenoxy) is 1. The van der Waals surface area contributed by atoms with Crippen molar-refractivity contribution in [2.24, 2.45) is 0 Å². The van der Waals surface area contributed by atoms with E-state index in [2.05, 4.69) is 4.98 Å². The topological polar surface area (TPSA) is 52.3 Å². The molecular formula is C15H11NO3S2. The molecular weight excluding hydrogens is 306 g/mol. The normalized spacial score (nSPS) is 10.5. The highest BCUT2D eigenvalue weighted by molar-refractivity contribution is 8.15.